The van der Waals surface area contributed by atoms with E-state index in [0.29, 0.717) is 6.04 Å². The van der Waals surface area contributed by atoms with Gasteiger partial charge in [-0.05, 0) is 38.8 Å². The van der Waals surface area contributed by atoms with Crippen molar-refractivity contribution in [1.82, 2.24) is 4.98 Å². The highest BCUT2D eigenvalue weighted by atomic mass is 16.1. The predicted octanol–water partition coefficient (Wildman–Crippen LogP) is 3.44. The average molecular weight is 246 g/mol. The van der Waals surface area contributed by atoms with Crippen LogP contribution in [0.15, 0.2) is 18.3 Å². The molecule has 0 aliphatic heterocycles. The van der Waals surface area contributed by atoms with Crippen LogP contribution in [-0.2, 0) is 0 Å². The molecule has 98 valence electrons. The molecular weight excluding hydrogens is 224 g/mol. The zero-order chi connectivity index (χ0) is 13.0. The zero-order valence-corrected chi connectivity index (χ0v) is 11.4. The number of hydrogen-bond donors (Lipinski definition) is 0. The van der Waals surface area contributed by atoms with Gasteiger partial charge in [0.25, 0.3) is 0 Å². The topological polar surface area (TPSA) is 33.2 Å². The summed E-state index contributed by atoms with van der Waals surface area (Å²) in [6.45, 7) is 4.73. The van der Waals surface area contributed by atoms with Crippen LogP contribution in [0.2, 0.25) is 0 Å². The van der Waals surface area contributed by atoms with Gasteiger partial charge in [0.15, 0.2) is 5.78 Å². The van der Waals surface area contributed by atoms with Crippen molar-refractivity contribution in [3.8, 4) is 0 Å². The van der Waals surface area contributed by atoms with Gasteiger partial charge in [-0.25, -0.2) is 4.98 Å². The van der Waals surface area contributed by atoms with E-state index in [4.69, 9.17) is 0 Å². The summed E-state index contributed by atoms with van der Waals surface area (Å²) < 4.78 is 0. The molecule has 0 radical (unpaired) electrons. The molecule has 18 heavy (non-hydrogen) atoms. The minimum Gasteiger partial charge on any atom is -0.354 e. The fourth-order valence-corrected chi connectivity index (χ4v) is 2.79. The van der Waals surface area contributed by atoms with Crippen LogP contribution in [0.3, 0.4) is 0 Å². The van der Waals surface area contributed by atoms with Gasteiger partial charge in [-0.2, -0.15) is 0 Å². The van der Waals surface area contributed by atoms with Gasteiger partial charge in [-0.15, -0.1) is 0 Å². The van der Waals surface area contributed by atoms with Gasteiger partial charge in [0.05, 0.1) is 0 Å². The molecule has 1 fully saturated rings. The number of aromatic nitrogens is 1. The molecule has 0 spiro atoms. The molecule has 0 unspecified atom stereocenters. The van der Waals surface area contributed by atoms with E-state index >= 15 is 0 Å². The Morgan fingerprint density at radius 2 is 2.11 bits per heavy atom. The van der Waals surface area contributed by atoms with E-state index in [1.807, 2.05) is 6.07 Å². The lowest BCUT2D eigenvalue weighted by Gasteiger charge is -2.34. The molecule has 0 amide bonds. The van der Waals surface area contributed by atoms with Crippen molar-refractivity contribution >= 4 is 11.6 Å². The molecule has 1 aromatic heterocycles. The van der Waals surface area contributed by atoms with E-state index in [-0.39, 0.29) is 5.78 Å². The number of pyridine rings is 1. The lowest BCUT2D eigenvalue weighted by Crippen LogP contribution is -2.37. The summed E-state index contributed by atoms with van der Waals surface area (Å²) in [6, 6.07) is 4.32. The second kappa shape index (κ2) is 5.98. The Morgan fingerprint density at radius 3 is 2.72 bits per heavy atom. The maximum Gasteiger partial charge on any atom is 0.159 e. The third-order valence-electron chi connectivity index (χ3n) is 3.80. The molecule has 1 aliphatic carbocycles. The van der Waals surface area contributed by atoms with E-state index in [2.05, 4.69) is 16.8 Å². The van der Waals surface area contributed by atoms with Gasteiger partial charge >= 0.3 is 0 Å². The second-order valence-corrected chi connectivity index (χ2v) is 5.04. The molecule has 1 aliphatic rings. The Bertz CT molecular complexity index is 411. The normalized spacial score (nSPS) is 16.6. The van der Waals surface area contributed by atoms with Gasteiger partial charge in [-0.3, -0.25) is 4.79 Å². The lowest BCUT2D eigenvalue weighted by molar-refractivity contribution is 0.101. The van der Waals surface area contributed by atoms with E-state index in [1.54, 1.807) is 19.2 Å². The van der Waals surface area contributed by atoms with E-state index in [9.17, 15) is 4.79 Å². The smallest absolute Gasteiger partial charge is 0.159 e. The van der Waals surface area contributed by atoms with Gasteiger partial charge in [0, 0.05) is 24.3 Å². The SMILES string of the molecule is CCN(c1cc(C(C)=O)ccn1)C1CCCCC1. The highest BCUT2D eigenvalue weighted by Gasteiger charge is 2.21. The Hall–Kier alpha value is -1.38. The van der Waals surface area contributed by atoms with Crippen LogP contribution < -0.4 is 4.90 Å². The maximum absolute atomic E-state index is 11.4. The maximum atomic E-state index is 11.4. The Balaban J connectivity index is 2.20. The number of Topliss-reactive ketones (excluding diaryl/α,β-unsaturated/α-hetero) is 1. The first kappa shape index (κ1) is 13.1. The van der Waals surface area contributed by atoms with Crippen LogP contribution in [0.5, 0.6) is 0 Å². The monoisotopic (exact) mass is 246 g/mol. The standard InChI is InChI=1S/C15H22N2O/c1-3-17(14-7-5-4-6-8-14)15-11-13(12(2)18)9-10-16-15/h9-11,14H,3-8H2,1-2H3. The zero-order valence-electron chi connectivity index (χ0n) is 11.4. The molecule has 2 rings (SSSR count). The van der Waals surface area contributed by atoms with Crippen molar-refractivity contribution in [1.29, 1.82) is 0 Å². The number of hydrogen-bond acceptors (Lipinski definition) is 3. The van der Waals surface area contributed by atoms with Gasteiger partial charge in [0.2, 0.25) is 0 Å². The molecule has 0 saturated heterocycles. The van der Waals surface area contributed by atoms with Crippen molar-refractivity contribution in [2.24, 2.45) is 0 Å². The highest BCUT2D eigenvalue weighted by molar-refractivity contribution is 5.94. The van der Waals surface area contributed by atoms with Crippen molar-refractivity contribution < 1.29 is 4.79 Å². The van der Waals surface area contributed by atoms with E-state index < -0.39 is 0 Å². The van der Waals surface area contributed by atoms with E-state index in [1.165, 1.54) is 32.1 Å². The molecule has 1 saturated carbocycles. The Labute approximate surface area is 109 Å². The highest BCUT2D eigenvalue weighted by Crippen LogP contribution is 2.26. The number of rotatable bonds is 4. The first-order chi connectivity index (χ1) is 8.72. The van der Waals surface area contributed by atoms with Gasteiger partial charge in [0.1, 0.15) is 5.82 Å². The summed E-state index contributed by atoms with van der Waals surface area (Å²) in [5, 5.41) is 0. The molecule has 0 N–H and O–H groups in total. The summed E-state index contributed by atoms with van der Waals surface area (Å²) in [5.41, 5.74) is 0.759. The third-order valence-corrected chi connectivity index (χ3v) is 3.80. The Morgan fingerprint density at radius 1 is 1.39 bits per heavy atom. The molecule has 1 aromatic rings. The van der Waals surface area contributed by atoms with Crippen molar-refractivity contribution in [2.75, 3.05) is 11.4 Å². The van der Waals surface area contributed by atoms with Crippen LogP contribution in [-0.4, -0.2) is 23.4 Å². The molecule has 1 heterocycles. The van der Waals surface area contributed by atoms with Crippen molar-refractivity contribution in [3.05, 3.63) is 23.9 Å². The number of ketones is 1. The van der Waals surface area contributed by atoms with Crippen LogP contribution in [0.25, 0.3) is 0 Å². The summed E-state index contributed by atoms with van der Waals surface area (Å²) in [5.74, 6) is 1.07. The molecular formula is C15H22N2O. The minimum atomic E-state index is 0.110. The number of carbonyl (C=O) groups is 1. The van der Waals surface area contributed by atoms with Crippen molar-refractivity contribution in [2.45, 2.75) is 52.0 Å². The van der Waals surface area contributed by atoms with Gasteiger partial charge in [-0.1, -0.05) is 19.3 Å². The first-order valence-electron chi connectivity index (χ1n) is 6.96. The Kier molecular flexibility index (Phi) is 4.34. The lowest BCUT2D eigenvalue weighted by atomic mass is 9.94. The molecule has 3 nitrogen and oxygen atoms in total. The van der Waals surface area contributed by atoms with Gasteiger partial charge < -0.3 is 4.90 Å². The van der Waals surface area contributed by atoms with Crippen LogP contribution >= 0.6 is 0 Å². The number of anilines is 1. The summed E-state index contributed by atoms with van der Waals surface area (Å²) >= 11 is 0. The first-order valence-corrected chi connectivity index (χ1v) is 6.96. The quantitative estimate of drug-likeness (QED) is 0.763. The summed E-state index contributed by atoms with van der Waals surface area (Å²) in [4.78, 5) is 18.2. The minimum absolute atomic E-state index is 0.110. The number of nitrogens with zero attached hydrogens (tertiary/aromatic N) is 2. The van der Waals surface area contributed by atoms with Crippen LogP contribution in [0.1, 0.15) is 56.3 Å². The molecule has 0 aromatic carbocycles. The van der Waals surface area contributed by atoms with Crippen LogP contribution in [0, 0.1) is 0 Å². The third kappa shape index (κ3) is 2.89. The number of carbonyl (C=O) groups excluding carboxylic acids is 1. The largest absolute Gasteiger partial charge is 0.354 e. The summed E-state index contributed by atoms with van der Waals surface area (Å²) in [7, 11) is 0. The molecule has 0 atom stereocenters. The fourth-order valence-electron chi connectivity index (χ4n) is 2.79. The molecule has 0 bridgehead atoms. The van der Waals surface area contributed by atoms with Crippen LogP contribution in [0.4, 0.5) is 5.82 Å². The molecule has 3 heteroatoms. The fraction of sp³-hybridized carbons (Fsp3) is 0.600. The summed E-state index contributed by atoms with van der Waals surface area (Å²) in [6.07, 6.45) is 8.23. The predicted molar refractivity (Wildman–Crippen MR) is 74.1 cm³/mol. The van der Waals surface area contributed by atoms with Crippen molar-refractivity contribution in [3.63, 3.8) is 0 Å². The van der Waals surface area contributed by atoms with E-state index in [0.717, 1.165) is 17.9 Å². The average Bonchev–Trinajstić information content (AvgIpc) is 2.41. The second-order valence-electron chi connectivity index (χ2n) is 5.04.